The van der Waals surface area contributed by atoms with Crippen molar-refractivity contribution in [2.45, 2.75) is 12.5 Å². The van der Waals surface area contributed by atoms with Crippen LogP contribution in [0.3, 0.4) is 0 Å². The first kappa shape index (κ1) is 11.5. The molecule has 0 saturated heterocycles. The molecule has 0 bridgehead atoms. The average Bonchev–Trinajstić information content (AvgIpc) is 2.51. The molecule has 1 aromatic rings. The van der Waals surface area contributed by atoms with E-state index in [0.717, 1.165) is 8.79 Å². The summed E-state index contributed by atoms with van der Waals surface area (Å²) in [6, 6.07) is 3.08. The van der Waals surface area contributed by atoms with Crippen LogP contribution in [0.15, 0.2) is 15.9 Å². The Labute approximate surface area is 94.2 Å². The first-order chi connectivity index (χ1) is 6.59. The third-order valence-electron chi connectivity index (χ3n) is 1.64. The Morgan fingerprint density at radius 3 is 2.93 bits per heavy atom. The van der Waals surface area contributed by atoms with Crippen LogP contribution in [0.4, 0.5) is 5.00 Å². The van der Waals surface area contributed by atoms with Crippen LogP contribution in [0.2, 0.25) is 0 Å². The van der Waals surface area contributed by atoms with Crippen molar-refractivity contribution in [3.63, 3.8) is 0 Å². The molecule has 1 unspecified atom stereocenters. The molecule has 1 aromatic heterocycles. The molecule has 0 aliphatic carbocycles. The van der Waals surface area contributed by atoms with E-state index in [9.17, 15) is 4.79 Å². The molecular weight excluding hydrogens is 268 g/mol. The summed E-state index contributed by atoms with van der Waals surface area (Å²) in [5, 5.41) is 12.6. The van der Waals surface area contributed by atoms with Gasteiger partial charge in [-0.05, 0) is 34.5 Å². The second-order valence-electron chi connectivity index (χ2n) is 2.76. The monoisotopic (exact) mass is 278 g/mol. The molecular formula is C8H11BrN2O2S. The standard InChI is InChI=1S/C8H11BrN2O2S/c9-6-1-2-7(14-6)11-4-3-5(10)8(12)13/h1-2,5,11H,3-4,10H2,(H,12,13). The summed E-state index contributed by atoms with van der Waals surface area (Å²) in [7, 11) is 0. The van der Waals surface area contributed by atoms with Crippen LogP contribution >= 0.6 is 27.3 Å². The minimum atomic E-state index is -0.959. The lowest BCUT2D eigenvalue weighted by Crippen LogP contribution is -2.31. The second-order valence-corrected chi connectivity index (χ2v) is 5.23. The van der Waals surface area contributed by atoms with Gasteiger partial charge in [0.2, 0.25) is 0 Å². The zero-order chi connectivity index (χ0) is 10.6. The molecule has 6 heteroatoms. The van der Waals surface area contributed by atoms with Crippen LogP contribution < -0.4 is 11.1 Å². The van der Waals surface area contributed by atoms with Crippen LogP contribution in [0.25, 0.3) is 0 Å². The maximum atomic E-state index is 10.4. The quantitative estimate of drug-likeness (QED) is 0.767. The highest BCUT2D eigenvalue weighted by atomic mass is 79.9. The van der Waals surface area contributed by atoms with Crippen molar-refractivity contribution in [1.82, 2.24) is 0 Å². The summed E-state index contributed by atoms with van der Waals surface area (Å²) in [4.78, 5) is 10.4. The van der Waals surface area contributed by atoms with Crippen molar-refractivity contribution in [3.8, 4) is 0 Å². The van der Waals surface area contributed by atoms with E-state index < -0.39 is 12.0 Å². The first-order valence-electron chi connectivity index (χ1n) is 4.07. The number of rotatable bonds is 5. The number of aliphatic carboxylic acids is 1. The molecule has 0 saturated carbocycles. The molecule has 0 aliphatic heterocycles. The van der Waals surface area contributed by atoms with Gasteiger partial charge in [0.1, 0.15) is 6.04 Å². The fraction of sp³-hybridized carbons (Fsp3) is 0.375. The SMILES string of the molecule is NC(CCNc1ccc(Br)s1)C(=O)O. The maximum absolute atomic E-state index is 10.4. The lowest BCUT2D eigenvalue weighted by Gasteiger charge is -2.06. The van der Waals surface area contributed by atoms with Crippen molar-refractivity contribution in [2.24, 2.45) is 5.73 Å². The van der Waals surface area contributed by atoms with E-state index in [0.29, 0.717) is 13.0 Å². The molecule has 4 N–H and O–H groups in total. The normalized spacial score (nSPS) is 12.4. The van der Waals surface area contributed by atoms with E-state index >= 15 is 0 Å². The summed E-state index contributed by atoms with van der Waals surface area (Å²) in [6.45, 7) is 0.570. The molecule has 0 fully saturated rings. The number of nitrogens with one attached hydrogen (secondary N) is 1. The van der Waals surface area contributed by atoms with Crippen molar-refractivity contribution < 1.29 is 9.90 Å². The van der Waals surface area contributed by atoms with Crippen LogP contribution in [-0.4, -0.2) is 23.7 Å². The van der Waals surface area contributed by atoms with Crippen LogP contribution in [0.1, 0.15) is 6.42 Å². The Morgan fingerprint density at radius 2 is 2.43 bits per heavy atom. The van der Waals surface area contributed by atoms with Crippen molar-refractivity contribution >= 4 is 38.2 Å². The Bertz CT molecular complexity index is 316. The van der Waals surface area contributed by atoms with Gasteiger partial charge in [-0.2, -0.15) is 0 Å². The minimum absolute atomic E-state index is 0.421. The second kappa shape index (κ2) is 5.33. The van der Waals surface area contributed by atoms with Gasteiger partial charge >= 0.3 is 5.97 Å². The summed E-state index contributed by atoms with van der Waals surface area (Å²) < 4.78 is 1.04. The van der Waals surface area contributed by atoms with Crippen LogP contribution in [0.5, 0.6) is 0 Å². The van der Waals surface area contributed by atoms with Gasteiger partial charge in [-0.3, -0.25) is 4.79 Å². The number of nitrogens with two attached hydrogens (primary N) is 1. The van der Waals surface area contributed by atoms with E-state index in [4.69, 9.17) is 10.8 Å². The van der Waals surface area contributed by atoms with Gasteiger partial charge in [0.05, 0.1) is 8.79 Å². The number of carboxylic acids is 1. The number of hydrogen-bond acceptors (Lipinski definition) is 4. The number of hydrogen-bond donors (Lipinski definition) is 3. The van der Waals surface area contributed by atoms with E-state index in [-0.39, 0.29) is 0 Å². The predicted octanol–water partition coefficient (Wildman–Crippen LogP) is 1.72. The Hall–Kier alpha value is -0.590. The Balaban J connectivity index is 2.25. The number of anilines is 1. The lowest BCUT2D eigenvalue weighted by molar-refractivity contribution is -0.138. The van der Waals surface area contributed by atoms with E-state index in [1.54, 1.807) is 11.3 Å². The van der Waals surface area contributed by atoms with Crippen LogP contribution in [-0.2, 0) is 4.79 Å². The van der Waals surface area contributed by atoms with Gasteiger partial charge in [-0.15, -0.1) is 11.3 Å². The summed E-state index contributed by atoms with van der Waals surface area (Å²) >= 11 is 4.90. The van der Waals surface area contributed by atoms with Gasteiger partial charge < -0.3 is 16.2 Å². The van der Waals surface area contributed by atoms with E-state index in [2.05, 4.69) is 21.2 Å². The summed E-state index contributed by atoms with van der Waals surface area (Å²) in [5.74, 6) is -0.959. The number of halogens is 1. The predicted molar refractivity (Wildman–Crippen MR) is 60.7 cm³/mol. The summed E-state index contributed by atoms with van der Waals surface area (Å²) in [6.07, 6.45) is 0.421. The molecule has 0 aromatic carbocycles. The molecule has 0 aliphatic rings. The number of thiophene rings is 1. The highest BCUT2D eigenvalue weighted by Gasteiger charge is 2.10. The van der Waals surface area contributed by atoms with Gasteiger partial charge in [-0.1, -0.05) is 0 Å². The smallest absolute Gasteiger partial charge is 0.320 e. The van der Waals surface area contributed by atoms with Crippen molar-refractivity contribution in [3.05, 3.63) is 15.9 Å². The summed E-state index contributed by atoms with van der Waals surface area (Å²) in [5.41, 5.74) is 5.34. The molecule has 14 heavy (non-hydrogen) atoms. The third-order valence-corrected chi connectivity index (χ3v) is 3.23. The fourth-order valence-electron chi connectivity index (χ4n) is 0.884. The highest BCUT2D eigenvalue weighted by molar-refractivity contribution is 9.11. The lowest BCUT2D eigenvalue weighted by atomic mass is 10.2. The molecule has 0 amide bonds. The van der Waals surface area contributed by atoms with E-state index in [1.807, 2.05) is 12.1 Å². The Morgan fingerprint density at radius 1 is 1.71 bits per heavy atom. The largest absolute Gasteiger partial charge is 0.480 e. The van der Waals surface area contributed by atoms with Gasteiger partial charge in [0.25, 0.3) is 0 Å². The van der Waals surface area contributed by atoms with Crippen LogP contribution in [0, 0.1) is 0 Å². The van der Waals surface area contributed by atoms with Gasteiger partial charge in [0, 0.05) is 6.54 Å². The first-order valence-corrected chi connectivity index (χ1v) is 5.68. The molecule has 4 nitrogen and oxygen atoms in total. The fourth-order valence-corrected chi connectivity index (χ4v) is 2.20. The van der Waals surface area contributed by atoms with Gasteiger partial charge in [-0.25, -0.2) is 0 Å². The Kier molecular flexibility index (Phi) is 4.37. The highest BCUT2D eigenvalue weighted by Crippen LogP contribution is 2.26. The molecule has 0 spiro atoms. The third kappa shape index (κ3) is 3.65. The zero-order valence-electron chi connectivity index (χ0n) is 7.37. The number of carboxylic acid groups (broad SMARTS) is 1. The average molecular weight is 279 g/mol. The van der Waals surface area contributed by atoms with E-state index in [1.165, 1.54) is 0 Å². The zero-order valence-corrected chi connectivity index (χ0v) is 9.77. The molecule has 1 rings (SSSR count). The van der Waals surface area contributed by atoms with Gasteiger partial charge in [0.15, 0.2) is 0 Å². The minimum Gasteiger partial charge on any atom is -0.480 e. The molecule has 1 heterocycles. The maximum Gasteiger partial charge on any atom is 0.320 e. The number of carbonyl (C=O) groups is 1. The molecule has 1 atom stereocenters. The van der Waals surface area contributed by atoms with Crippen molar-refractivity contribution in [2.75, 3.05) is 11.9 Å². The molecule has 0 radical (unpaired) electrons. The topological polar surface area (TPSA) is 75.3 Å². The van der Waals surface area contributed by atoms with Crippen molar-refractivity contribution in [1.29, 1.82) is 0 Å². The molecule has 78 valence electrons.